The number of amides is 1. The molecule has 1 N–H and O–H groups in total. The zero-order valence-electron chi connectivity index (χ0n) is 22.3. The van der Waals surface area contributed by atoms with Crippen molar-refractivity contribution in [2.75, 3.05) is 11.4 Å². The number of aryl methyl sites for hydroxylation is 2. The van der Waals surface area contributed by atoms with Gasteiger partial charge in [0.25, 0.3) is 15.9 Å². The summed E-state index contributed by atoms with van der Waals surface area (Å²) in [6, 6.07) is 18.8. The molecule has 0 bridgehead atoms. The van der Waals surface area contributed by atoms with E-state index in [1.807, 2.05) is 12.1 Å². The number of hydrogen-bond acceptors (Lipinski definition) is 6. The summed E-state index contributed by atoms with van der Waals surface area (Å²) in [5, 5.41) is 2.22. The predicted octanol–water partition coefficient (Wildman–Crippen LogP) is 6.40. The fourth-order valence-corrected chi connectivity index (χ4v) is 6.76. The van der Waals surface area contributed by atoms with Crippen LogP contribution >= 0.6 is 0 Å². The summed E-state index contributed by atoms with van der Waals surface area (Å²) in [6.07, 6.45) is 2.45. The number of anilines is 1. The summed E-state index contributed by atoms with van der Waals surface area (Å²) >= 11 is 0. The van der Waals surface area contributed by atoms with Gasteiger partial charge >= 0.3 is 0 Å². The van der Waals surface area contributed by atoms with Crippen molar-refractivity contribution in [3.05, 3.63) is 83.7 Å². The van der Waals surface area contributed by atoms with Crippen molar-refractivity contribution in [2.45, 2.75) is 51.5 Å². The smallest absolute Gasteiger partial charge is 0.268 e. The van der Waals surface area contributed by atoms with E-state index in [2.05, 4.69) is 66.6 Å². The number of aromatic nitrogens is 2. The minimum Gasteiger partial charge on any atom is -0.351 e. The van der Waals surface area contributed by atoms with Crippen LogP contribution in [-0.4, -0.2) is 36.4 Å². The van der Waals surface area contributed by atoms with E-state index in [1.54, 1.807) is 19.1 Å². The molecular weight excluding hydrogens is 496 g/mol. The van der Waals surface area contributed by atoms with Gasteiger partial charge in [0, 0.05) is 28.1 Å². The third-order valence-corrected chi connectivity index (χ3v) is 8.81. The van der Waals surface area contributed by atoms with Crippen LogP contribution in [0.2, 0.25) is 0 Å². The molecule has 202 valence electrons. The van der Waals surface area contributed by atoms with E-state index >= 15 is 0 Å². The Balaban J connectivity index is 0.00000196. The molecule has 3 heterocycles. The fraction of sp³-hybridized carbons (Fsp3) is 0.300. The van der Waals surface area contributed by atoms with Gasteiger partial charge in [0.1, 0.15) is 10.7 Å². The van der Waals surface area contributed by atoms with Crippen molar-refractivity contribution >= 4 is 32.5 Å². The second-order valence-electron chi connectivity index (χ2n) is 10.8. The number of nitrogens with zero attached hydrogens (tertiary/aromatic N) is 3. The summed E-state index contributed by atoms with van der Waals surface area (Å²) in [5.74, 6) is 0.164. The summed E-state index contributed by atoms with van der Waals surface area (Å²) in [6.45, 7) is 10.8. The topological polar surface area (TPSA) is 92.3 Å². The lowest BCUT2D eigenvalue weighted by Gasteiger charge is -2.34. The van der Waals surface area contributed by atoms with E-state index in [4.69, 9.17) is 4.98 Å². The maximum absolute atomic E-state index is 13.5. The number of sulfonamides is 1. The highest BCUT2D eigenvalue weighted by atomic mass is 32.2. The highest BCUT2D eigenvalue weighted by Gasteiger charge is 2.39. The van der Waals surface area contributed by atoms with E-state index in [-0.39, 0.29) is 20.3 Å². The zero-order valence-corrected chi connectivity index (χ0v) is 23.1. The molecule has 2 aromatic carbocycles. The van der Waals surface area contributed by atoms with E-state index in [0.717, 1.165) is 28.5 Å². The Morgan fingerprint density at radius 1 is 1.03 bits per heavy atom. The van der Waals surface area contributed by atoms with Crippen LogP contribution < -0.4 is 9.62 Å². The summed E-state index contributed by atoms with van der Waals surface area (Å²) in [7, 11) is -4.12. The molecular formula is C30H38N4O3S. The van der Waals surface area contributed by atoms with Crippen molar-refractivity contribution in [3.8, 4) is 11.3 Å². The van der Waals surface area contributed by atoms with Crippen LogP contribution in [0.25, 0.3) is 22.0 Å². The van der Waals surface area contributed by atoms with E-state index in [0.29, 0.717) is 24.0 Å². The van der Waals surface area contributed by atoms with E-state index in [1.165, 1.54) is 23.9 Å². The third kappa shape index (κ3) is 4.65. The van der Waals surface area contributed by atoms with Crippen LogP contribution in [0.4, 0.5) is 5.82 Å². The molecule has 8 heteroatoms. The lowest BCUT2D eigenvalue weighted by Crippen LogP contribution is -2.41. The van der Waals surface area contributed by atoms with Gasteiger partial charge in [0.2, 0.25) is 0 Å². The standard InChI is InChI=1S/C30H32N4O3S.3H2/c1-19-17-30(4,5)34(18-19)28-25(29(35)33-38(36,37)27-11-8-16-31-21(27)3)14-15-26(32-28)24-13-12-20(2)22-9-6-7-10-23(22)24;;;/h6-16,19H,17-18H2,1-5H3,(H,33,35);3*1H/t19-;;;/m0.../s1. The second kappa shape index (κ2) is 9.51. The average molecular weight is 535 g/mol. The third-order valence-electron chi connectivity index (χ3n) is 7.34. The lowest BCUT2D eigenvalue weighted by atomic mass is 9.96. The Morgan fingerprint density at radius 3 is 2.45 bits per heavy atom. The van der Waals surface area contributed by atoms with Gasteiger partial charge < -0.3 is 4.90 Å². The molecule has 1 saturated heterocycles. The van der Waals surface area contributed by atoms with Gasteiger partial charge in [-0.1, -0.05) is 43.3 Å². The summed E-state index contributed by atoms with van der Waals surface area (Å²) in [4.78, 5) is 24.7. The number of carbonyl (C=O) groups is 1. The number of hydrogen-bond donors (Lipinski definition) is 1. The van der Waals surface area contributed by atoms with Crippen LogP contribution in [0.3, 0.4) is 0 Å². The molecule has 7 nitrogen and oxygen atoms in total. The summed E-state index contributed by atoms with van der Waals surface area (Å²) < 4.78 is 28.5. The number of rotatable bonds is 5. The molecule has 0 spiro atoms. The van der Waals surface area contributed by atoms with Gasteiger partial charge in [-0.3, -0.25) is 9.78 Å². The van der Waals surface area contributed by atoms with Crippen molar-refractivity contribution < 1.29 is 17.5 Å². The average Bonchev–Trinajstić information content (AvgIpc) is 3.15. The van der Waals surface area contributed by atoms with Gasteiger partial charge in [-0.05, 0) is 80.6 Å². The van der Waals surface area contributed by atoms with Crippen molar-refractivity contribution in [1.82, 2.24) is 14.7 Å². The Bertz CT molecular complexity index is 1680. The number of pyridine rings is 2. The quantitative estimate of drug-likeness (QED) is 0.319. The van der Waals surface area contributed by atoms with E-state index in [9.17, 15) is 13.2 Å². The largest absolute Gasteiger partial charge is 0.351 e. The maximum Gasteiger partial charge on any atom is 0.268 e. The first kappa shape index (κ1) is 25.9. The molecule has 1 amide bonds. The molecule has 1 fully saturated rings. The van der Waals surface area contributed by atoms with Crippen LogP contribution in [0.15, 0.2) is 71.8 Å². The van der Waals surface area contributed by atoms with Gasteiger partial charge in [0.05, 0.1) is 17.0 Å². The maximum atomic E-state index is 13.5. The fourth-order valence-electron chi connectivity index (χ4n) is 5.60. The van der Waals surface area contributed by atoms with Gasteiger partial charge in [-0.25, -0.2) is 18.1 Å². The van der Waals surface area contributed by atoms with Gasteiger partial charge in [0.15, 0.2) is 0 Å². The van der Waals surface area contributed by atoms with Gasteiger partial charge in [-0.2, -0.15) is 0 Å². The molecule has 0 aliphatic carbocycles. The Labute approximate surface area is 228 Å². The highest BCUT2D eigenvalue weighted by Crippen LogP contribution is 2.39. The molecule has 0 unspecified atom stereocenters. The molecule has 2 aromatic heterocycles. The number of carbonyl (C=O) groups excluding carboxylic acids is 1. The predicted molar refractivity (Wildman–Crippen MR) is 157 cm³/mol. The first-order valence-corrected chi connectivity index (χ1v) is 14.2. The molecule has 1 aliphatic rings. The number of nitrogens with one attached hydrogen (secondary N) is 1. The van der Waals surface area contributed by atoms with Crippen LogP contribution in [-0.2, 0) is 10.0 Å². The number of benzene rings is 2. The summed E-state index contributed by atoms with van der Waals surface area (Å²) in [5.41, 5.74) is 3.15. The minimum absolute atomic E-state index is 0. The second-order valence-corrected chi connectivity index (χ2v) is 12.4. The first-order valence-electron chi connectivity index (χ1n) is 12.7. The Kier molecular flexibility index (Phi) is 6.47. The van der Waals surface area contributed by atoms with Crippen molar-refractivity contribution in [1.29, 1.82) is 0 Å². The normalized spacial score (nSPS) is 17.1. The SMILES string of the molecule is Cc1ncccc1S(=O)(=O)NC(=O)c1ccc(-c2ccc(C)c3ccccc23)nc1N1C[C@@H](C)CC1(C)C.[HH].[HH].[HH]. The Hall–Kier alpha value is -3.78. The van der Waals surface area contributed by atoms with Crippen LogP contribution in [0.5, 0.6) is 0 Å². The lowest BCUT2D eigenvalue weighted by molar-refractivity contribution is 0.0981. The molecule has 1 atom stereocenters. The molecule has 0 radical (unpaired) electrons. The zero-order chi connectivity index (χ0) is 27.2. The highest BCUT2D eigenvalue weighted by molar-refractivity contribution is 7.90. The van der Waals surface area contributed by atoms with E-state index < -0.39 is 15.9 Å². The van der Waals surface area contributed by atoms with Crippen LogP contribution in [0, 0.1) is 19.8 Å². The monoisotopic (exact) mass is 534 g/mol. The Morgan fingerprint density at radius 2 is 1.76 bits per heavy atom. The first-order chi connectivity index (χ1) is 18.0. The van der Waals surface area contributed by atoms with Crippen LogP contribution in [0.1, 0.15) is 53.1 Å². The molecule has 4 aromatic rings. The molecule has 38 heavy (non-hydrogen) atoms. The molecule has 5 rings (SSSR count). The number of fused-ring (bicyclic) bond motifs is 1. The minimum atomic E-state index is -4.12. The molecule has 1 aliphatic heterocycles. The van der Waals surface area contributed by atoms with Gasteiger partial charge in [-0.15, -0.1) is 0 Å². The van der Waals surface area contributed by atoms with Crippen molar-refractivity contribution in [3.63, 3.8) is 0 Å². The molecule has 0 saturated carbocycles. The van der Waals surface area contributed by atoms with Crippen molar-refractivity contribution in [2.24, 2.45) is 5.92 Å².